The fraction of sp³-hybridized carbons (Fsp3) is 0.391. The van der Waals surface area contributed by atoms with Crippen LogP contribution in [0, 0.1) is 6.92 Å². The zero-order valence-electron chi connectivity index (χ0n) is 16.6. The van der Waals surface area contributed by atoms with E-state index in [4.69, 9.17) is 4.74 Å². The van der Waals surface area contributed by atoms with Crippen LogP contribution in [0.25, 0.3) is 0 Å². The molecule has 2 aromatic carbocycles. The zero-order chi connectivity index (χ0) is 19.9. The van der Waals surface area contributed by atoms with E-state index in [0.29, 0.717) is 19.5 Å². The molecule has 1 N–H and O–H groups in total. The Balaban J connectivity index is 1.46. The Hall–Kier alpha value is -2.66. The lowest BCUT2D eigenvalue weighted by atomic mass is 10.1. The molecule has 2 amide bonds. The molecule has 1 fully saturated rings. The van der Waals surface area contributed by atoms with Gasteiger partial charge >= 0.3 is 0 Å². The zero-order valence-corrected chi connectivity index (χ0v) is 16.6. The van der Waals surface area contributed by atoms with Crippen LogP contribution in [0.15, 0.2) is 48.5 Å². The van der Waals surface area contributed by atoms with Crippen LogP contribution in [-0.4, -0.2) is 37.6 Å². The number of hydrogen-bond acceptors (Lipinski definition) is 3. The van der Waals surface area contributed by atoms with Crippen LogP contribution >= 0.6 is 0 Å². The van der Waals surface area contributed by atoms with Gasteiger partial charge in [-0.2, -0.15) is 0 Å². The lowest BCUT2D eigenvalue weighted by Gasteiger charge is -2.33. The summed E-state index contributed by atoms with van der Waals surface area (Å²) in [6.07, 6.45) is 1.98. The number of rotatable bonds is 7. The van der Waals surface area contributed by atoms with Crippen LogP contribution in [0.4, 0.5) is 5.69 Å². The van der Waals surface area contributed by atoms with Crippen molar-refractivity contribution in [2.45, 2.75) is 39.2 Å². The van der Waals surface area contributed by atoms with Crippen molar-refractivity contribution in [3.05, 3.63) is 65.2 Å². The van der Waals surface area contributed by atoms with Crippen molar-refractivity contribution in [1.82, 2.24) is 5.32 Å². The molecule has 3 rings (SSSR count). The Morgan fingerprint density at radius 3 is 2.46 bits per heavy atom. The van der Waals surface area contributed by atoms with Crippen molar-refractivity contribution >= 4 is 17.5 Å². The first-order valence-electron chi connectivity index (χ1n) is 9.88. The first kappa shape index (κ1) is 20.1. The molecule has 28 heavy (non-hydrogen) atoms. The van der Waals surface area contributed by atoms with Crippen LogP contribution in [0.2, 0.25) is 0 Å². The Morgan fingerprint density at radius 1 is 1.11 bits per heavy atom. The molecule has 2 aromatic rings. The minimum absolute atomic E-state index is 0.00181. The third-order valence-corrected chi connectivity index (χ3v) is 5.07. The summed E-state index contributed by atoms with van der Waals surface area (Å²) in [5, 5.41) is 2.94. The van der Waals surface area contributed by atoms with Gasteiger partial charge in [0.1, 0.15) is 6.61 Å². The second-order valence-corrected chi connectivity index (χ2v) is 7.25. The molecule has 5 nitrogen and oxygen atoms in total. The highest BCUT2D eigenvalue weighted by atomic mass is 16.5. The minimum atomic E-state index is -0.202. The van der Waals surface area contributed by atoms with Gasteiger partial charge in [0.05, 0.1) is 12.6 Å². The molecule has 1 unspecified atom stereocenters. The van der Waals surface area contributed by atoms with Gasteiger partial charge in [0.25, 0.3) is 5.91 Å². The fourth-order valence-electron chi connectivity index (χ4n) is 3.24. The maximum atomic E-state index is 12.2. The highest BCUT2D eigenvalue weighted by Crippen LogP contribution is 2.19. The van der Waals surface area contributed by atoms with Gasteiger partial charge in [-0.15, -0.1) is 0 Å². The summed E-state index contributed by atoms with van der Waals surface area (Å²) < 4.78 is 5.60. The number of morpholine rings is 1. The van der Waals surface area contributed by atoms with Crippen LogP contribution in [-0.2, 0) is 27.2 Å². The third-order valence-electron chi connectivity index (χ3n) is 5.07. The molecule has 0 saturated carbocycles. The van der Waals surface area contributed by atoms with Gasteiger partial charge in [-0.25, -0.2) is 0 Å². The van der Waals surface area contributed by atoms with E-state index < -0.39 is 0 Å². The van der Waals surface area contributed by atoms with Crippen LogP contribution in [0.3, 0.4) is 0 Å². The number of hydrogen-bond donors (Lipinski definition) is 1. The molecule has 1 atom stereocenters. The Labute approximate surface area is 166 Å². The van der Waals surface area contributed by atoms with Crippen LogP contribution in [0.5, 0.6) is 0 Å². The van der Waals surface area contributed by atoms with Crippen LogP contribution in [0.1, 0.15) is 30.0 Å². The lowest BCUT2D eigenvalue weighted by molar-refractivity contribution is -0.129. The number of aryl methyl sites for hydroxylation is 3. The largest absolute Gasteiger partial charge is 0.365 e. The van der Waals surface area contributed by atoms with E-state index >= 15 is 0 Å². The molecule has 0 radical (unpaired) electrons. The number of carbonyl (C=O) groups is 2. The maximum absolute atomic E-state index is 12.2. The summed E-state index contributed by atoms with van der Waals surface area (Å²) in [4.78, 5) is 26.1. The molecular weight excluding hydrogens is 352 g/mol. The fourth-order valence-corrected chi connectivity index (χ4v) is 3.24. The standard InChI is InChI=1S/C23H28N2O3/c1-3-18-6-8-19(9-7-18)10-13-22(26)24-14-21-15-25(23(27)16-28-21)20-11-4-17(2)5-12-20/h4-9,11-12,21H,3,10,13-16H2,1-2H3,(H,24,26). The Bertz CT molecular complexity index is 800. The van der Waals surface area contributed by atoms with Crippen molar-refractivity contribution in [2.24, 2.45) is 0 Å². The first-order valence-corrected chi connectivity index (χ1v) is 9.88. The van der Waals surface area contributed by atoms with Crippen LogP contribution < -0.4 is 10.2 Å². The van der Waals surface area contributed by atoms with Gasteiger partial charge in [-0.05, 0) is 43.0 Å². The maximum Gasteiger partial charge on any atom is 0.253 e. The second kappa shape index (κ2) is 9.51. The van der Waals surface area contributed by atoms with E-state index in [-0.39, 0.29) is 24.5 Å². The predicted molar refractivity (Wildman–Crippen MR) is 110 cm³/mol. The summed E-state index contributed by atoms with van der Waals surface area (Å²) in [5.41, 5.74) is 4.48. The second-order valence-electron chi connectivity index (χ2n) is 7.25. The van der Waals surface area contributed by atoms with Crippen molar-refractivity contribution in [1.29, 1.82) is 0 Å². The molecule has 1 aliphatic rings. The average molecular weight is 380 g/mol. The molecule has 0 aromatic heterocycles. The molecule has 0 bridgehead atoms. The van der Waals surface area contributed by atoms with Crippen molar-refractivity contribution < 1.29 is 14.3 Å². The number of nitrogens with one attached hydrogen (secondary N) is 1. The van der Waals surface area contributed by atoms with E-state index in [2.05, 4.69) is 36.5 Å². The Morgan fingerprint density at radius 2 is 1.79 bits per heavy atom. The molecule has 1 saturated heterocycles. The van der Waals surface area contributed by atoms with Gasteiger partial charge < -0.3 is 15.0 Å². The monoisotopic (exact) mass is 380 g/mol. The smallest absolute Gasteiger partial charge is 0.253 e. The number of carbonyl (C=O) groups excluding carboxylic acids is 2. The van der Waals surface area contributed by atoms with Crippen molar-refractivity contribution in [3.8, 4) is 0 Å². The summed E-state index contributed by atoms with van der Waals surface area (Å²) in [6.45, 7) is 5.03. The predicted octanol–water partition coefficient (Wildman–Crippen LogP) is 3.04. The van der Waals surface area contributed by atoms with E-state index in [1.807, 2.05) is 31.2 Å². The van der Waals surface area contributed by atoms with Gasteiger partial charge in [-0.1, -0.05) is 48.9 Å². The molecule has 5 heteroatoms. The van der Waals surface area contributed by atoms with Gasteiger partial charge in [0.2, 0.25) is 5.91 Å². The van der Waals surface area contributed by atoms with E-state index in [0.717, 1.165) is 29.7 Å². The molecular formula is C23H28N2O3. The summed E-state index contributed by atoms with van der Waals surface area (Å²) in [6, 6.07) is 16.3. The first-order chi connectivity index (χ1) is 13.5. The molecule has 0 spiro atoms. The number of anilines is 1. The van der Waals surface area contributed by atoms with Gasteiger partial charge in [0, 0.05) is 18.7 Å². The van der Waals surface area contributed by atoms with E-state index in [1.54, 1.807) is 4.90 Å². The van der Waals surface area contributed by atoms with E-state index in [9.17, 15) is 9.59 Å². The number of ether oxygens (including phenoxy) is 1. The SMILES string of the molecule is CCc1ccc(CCC(=O)NCC2CN(c3ccc(C)cc3)C(=O)CO2)cc1. The molecule has 1 aliphatic heterocycles. The highest BCUT2D eigenvalue weighted by Gasteiger charge is 2.27. The van der Waals surface area contributed by atoms with Gasteiger partial charge in [-0.3, -0.25) is 9.59 Å². The van der Waals surface area contributed by atoms with Crippen molar-refractivity contribution in [2.75, 3.05) is 24.6 Å². The number of amides is 2. The average Bonchev–Trinajstić information content (AvgIpc) is 2.72. The molecule has 1 heterocycles. The minimum Gasteiger partial charge on any atom is -0.365 e. The summed E-state index contributed by atoms with van der Waals surface area (Å²) in [7, 11) is 0. The molecule has 148 valence electrons. The van der Waals surface area contributed by atoms with Crippen molar-refractivity contribution in [3.63, 3.8) is 0 Å². The molecule has 0 aliphatic carbocycles. The lowest BCUT2D eigenvalue weighted by Crippen LogP contribution is -2.50. The van der Waals surface area contributed by atoms with Gasteiger partial charge in [0.15, 0.2) is 0 Å². The highest BCUT2D eigenvalue weighted by molar-refractivity contribution is 5.95. The topological polar surface area (TPSA) is 58.6 Å². The normalized spacial score (nSPS) is 16.9. The summed E-state index contributed by atoms with van der Waals surface area (Å²) in [5.74, 6) is -0.0519. The quantitative estimate of drug-likeness (QED) is 0.803. The Kier molecular flexibility index (Phi) is 6.82. The summed E-state index contributed by atoms with van der Waals surface area (Å²) >= 11 is 0. The number of benzene rings is 2. The van der Waals surface area contributed by atoms with E-state index in [1.165, 1.54) is 5.56 Å². The third kappa shape index (κ3) is 5.42. The number of nitrogens with zero attached hydrogens (tertiary/aromatic N) is 1.